The van der Waals surface area contributed by atoms with E-state index in [1.807, 2.05) is 0 Å². The fraction of sp³-hybridized carbons (Fsp3) is 0.963. The van der Waals surface area contributed by atoms with Crippen LogP contribution in [0.1, 0.15) is 91.4 Å². The lowest BCUT2D eigenvalue weighted by Gasteiger charge is -2.61. The third-order valence-corrected chi connectivity index (χ3v) is 10.9. The summed E-state index contributed by atoms with van der Waals surface area (Å²) in [5.41, 5.74) is 0.944. The molecule has 4 aliphatic carbocycles. The van der Waals surface area contributed by atoms with Crippen LogP contribution in [-0.2, 0) is 14.3 Å². The SMILES string of the molecule is COC(=O)CC[C@@H](C)[C@H]1CC[C@H]2[C@@H]3CC[C@@H]4C[C@H](OCCO)CC[C@]4(C)[C@H]3CC[C@]12C. The normalized spacial score (nSPS) is 45.3. The molecule has 0 saturated heterocycles. The molecule has 4 fully saturated rings. The number of methoxy groups -OCH3 is 1. The Morgan fingerprint density at radius 2 is 1.77 bits per heavy atom. The van der Waals surface area contributed by atoms with Crippen LogP contribution in [0.5, 0.6) is 0 Å². The Kier molecular flexibility index (Phi) is 7.09. The van der Waals surface area contributed by atoms with Gasteiger partial charge < -0.3 is 14.6 Å². The highest BCUT2D eigenvalue weighted by atomic mass is 16.5. The van der Waals surface area contributed by atoms with Gasteiger partial charge in [0.1, 0.15) is 0 Å². The molecule has 0 aromatic rings. The van der Waals surface area contributed by atoms with E-state index in [4.69, 9.17) is 14.6 Å². The molecule has 4 heteroatoms. The van der Waals surface area contributed by atoms with Gasteiger partial charge in [-0.05, 0) is 111 Å². The first-order chi connectivity index (χ1) is 14.8. The van der Waals surface area contributed by atoms with Crippen molar-refractivity contribution >= 4 is 5.97 Å². The van der Waals surface area contributed by atoms with Crippen LogP contribution in [0.4, 0.5) is 0 Å². The van der Waals surface area contributed by atoms with E-state index < -0.39 is 0 Å². The summed E-state index contributed by atoms with van der Waals surface area (Å²) in [4.78, 5) is 11.7. The molecule has 9 atom stereocenters. The zero-order chi connectivity index (χ0) is 22.2. The Hall–Kier alpha value is -0.610. The van der Waals surface area contributed by atoms with Crippen molar-refractivity contribution in [2.75, 3.05) is 20.3 Å². The summed E-state index contributed by atoms with van der Waals surface area (Å²) in [5.74, 6) is 4.76. The number of rotatable bonds is 7. The topological polar surface area (TPSA) is 55.8 Å². The molecule has 0 spiro atoms. The van der Waals surface area contributed by atoms with Gasteiger partial charge in [-0.15, -0.1) is 0 Å². The second-order valence-electron chi connectivity index (χ2n) is 12.0. The molecule has 0 bridgehead atoms. The number of carbonyl (C=O) groups is 1. The standard InChI is InChI=1S/C27H46O4/c1-18(5-10-25(29)30-4)22-8-9-23-21-7-6-19-17-20(31-16-15-28)11-13-26(19,2)24(21)12-14-27(22,23)3/h18-24,28H,5-17H2,1-4H3/t18-,19-,20-,21+,22-,23+,24+,26+,27-/m1/s1. The number of carbonyl (C=O) groups excluding carboxylic acids is 1. The maximum absolute atomic E-state index is 11.7. The Balaban J connectivity index is 1.43. The van der Waals surface area contributed by atoms with Gasteiger partial charge >= 0.3 is 5.97 Å². The van der Waals surface area contributed by atoms with Gasteiger partial charge in [-0.2, -0.15) is 0 Å². The zero-order valence-electron chi connectivity index (χ0n) is 20.4. The minimum absolute atomic E-state index is 0.0555. The summed E-state index contributed by atoms with van der Waals surface area (Å²) >= 11 is 0. The van der Waals surface area contributed by atoms with Gasteiger partial charge in [-0.25, -0.2) is 0 Å². The number of hydrogen-bond donors (Lipinski definition) is 1. The van der Waals surface area contributed by atoms with Crippen molar-refractivity contribution in [1.82, 2.24) is 0 Å². The van der Waals surface area contributed by atoms with Crippen molar-refractivity contribution in [2.45, 2.75) is 97.5 Å². The largest absolute Gasteiger partial charge is 0.469 e. The Morgan fingerprint density at radius 1 is 1.03 bits per heavy atom. The molecule has 4 aliphatic rings. The van der Waals surface area contributed by atoms with Crippen molar-refractivity contribution in [3.05, 3.63) is 0 Å². The van der Waals surface area contributed by atoms with Crippen LogP contribution >= 0.6 is 0 Å². The predicted molar refractivity (Wildman–Crippen MR) is 122 cm³/mol. The molecule has 0 radical (unpaired) electrons. The van der Waals surface area contributed by atoms with Crippen LogP contribution in [-0.4, -0.2) is 37.5 Å². The summed E-state index contributed by atoms with van der Waals surface area (Å²) in [6.07, 6.45) is 13.9. The predicted octanol–water partition coefficient (Wildman–Crippen LogP) is 5.61. The van der Waals surface area contributed by atoms with Gasteiger partial charge in [0.15, 0.2) is 0 Å². The van der Waals surface area contributed by atoms with E-state index in [1.54, 1.807) is 0 Å². The fourth-order valence-corrected chi connectivity index (χ4v) is 9.21. The lowest BCUT2D eigenvalue weighted by atomic mass is 9.44. The maximum Gasteiger partial charge on any atom is 0.305 e. The number of hydrogen-bond acceptors (Lipinski definition) is 4. The highest BCUT2D eigenvalue weighted by Crippen LogP contribution is 2.68. The first kappa shape index (κ1) is 23.5. The van der Waals surface area contributed by atoms with Crippen LogP contribution in [0, 0.1) is 46.3 Å². The van der Waals surface area contributed by atoms with E-state index >= 15 is 0 Å². The van der Waals surface area contributed by atoms with E-state index in [0.29, 0.717) is 35.9 Å². The first-order valence-corrected chi connectivity index (χ1v) is 13.1. The molecular formula is C27H46O4. The first-order valence-electron chi connectivity index (χ1n) is 13.1. The van der Waals surface area contributed by atoms with Crippen LogP contribution in [0.25, 0.3) is 0 Å². The summed E-state index contributed by atoms with van der Waals surface area (Å²) in [7, 11) is 1.50. The lowest BCUT2D eigenvalue weighted by Crippen LogP contribution is -2.54. The summed E-state index contributed by atoms with van der Waals surface area (Å²) in [5, 5.41) is 9.13. The molecule has 0 aromatic carbocycles. The Bertz CT molecular complexity index is 635. The van der Waals surface area contributed by atoms with Crippen LogP contribution in [0.3, 0.4) is 0 Å². The molecule has 31 heavy (non-hydrogen) atoms. The molecule has 0 aromatic heterocycles. The molecule has 4 nitrogen and oxygen atoms in total. The number of aliphatic hydroxyl groups is 1. The summed E-state index contributed by atoms with van der Waals surface area (Å²) < 4.78 is 10.8. The quantitative estimate of drug-likeness (QED) is 0.529. The molecule has 178 valence electrons. The second-order valence-corrected chi connectivity index (χ2v) is 12.0. The molecule has 4 saturated carbocycles. The van der Waals surface area contributed by atoms with E-state index in [-0.39, 0.29) is 12.6 Å². The Morgan fingerprint density at radius 3 is 2.52 bits per heavy atom. The van der Waals surface area contributed by atoms with Crippen LogP contribution < -0.4 is 0 Å². The number of esters is 1. The van der Waals surface area contributed by atoms with Crippen molar-refractivity contribution in [3.63, 3.8) is 0 Å². The summed E-state index contributed by atoms with van der Waals surface area (Å²) in [6, 6.07) is 0. The average Bonchev–Trinajstić information content (AvgIpc) is 3.13. The van der Waals surface area contributed by atoms with E-state index in [2.05, 4.69) is 20.8 Å². The van der Waals surface area contributed by atoms with E-state index in [0.717, 1.165) is 36.0 Å². The zero-order valence-corrected chi connectivity index (χ0v) is 20.4. The second kappa shape index (κ2) is 9.33. The van der Waals surface area contributed by atoms with Crippen molar-refractivity contribution in [2.24, 2.45) is 46.3 Å². The highest BCUT2D eigenvalue weighted by molar-refractivity contribution is 5.69. The molecule has 4 rings (SSSR count). The van der Waals surface area contributed by atoms with Gasteiger partial charge in [0.25, 0.3) is 0 Å². The molecular weight excluding hydrogens is 388 g/mol. The van der Waals surface area contributed by atoms with Gasteiger partial charge in [0.05, 0.1) is 26.4 Å². The van der Waals surface area contributed by atoms with Crippen molar-refractivity contribution in [3.8, 4) is 0 Å². The lowest BCUT2D eigenvalue weighted by molar-refractivity contribution is -0.142. The highest BCUT2D eigenvalue weighted by Gasteiger charge is 2.60. The molecule has 0 aliphatic heterocycles. The Labute approximate surface area is 189 Å². The smallest absolute Gasteiger partial charge is 0.305 e. The molecule has 0 unspecified atom stereocenters. The van der Waals surface area contributed by atoms with Crippen molar-refractivity contribution in [1.29, 1.82) is 0 Å². The monoisotopic (exact) mass is 434 g/mol. The molecule has 0 amide bonds. The van der Waals surface area contributed by atoms with E-state index in [9.17, 15) is 4.79 Å². The average molecular weight is 435 g/mol. The van der Waals surface area contributed by atoms with Crippen LogP contribution in [0.2, 0.25) is 0 Å². The third kappa shape index (κ3) is 4.21. The van der Waals surface area contributed by atoms with Gasteiger partial charge in [-0.1, -0.05) is 20.8 Å². The van der Waals surface area contributed by atoms with Gasteiger partial charge in [0.2, 0.25) is 0 Å². The van der Waals surface area contributed by atoms with E-state index in [1.165, 1.54) is 64.9 Å². The van der Waals surface area contributed by atoms with Gasteiger partial charge in [0, 0.05) is 6.42 Å². The third-order valence-electron chi connectivity index (χ3n) is 10.9. The fourth-order valence-electron chi connectivity index (χ4n) is 9.21. The number of aliphatic hydroxyl groups excluding tert-OH is 1. The number of ether oxygens (including phenoxy) is 2. The molecule has 1 N–H and O–H groups in total. The van der Waals surface area contributed by atoms with Gasteiger partial charge in [-0.3, -0.25) is 4.79 Å². The molecule has 0 heterocycles. The van der Waals surface area contributed by atoms with Crippen LogP contribution in [0.15, 0.2) is 0 Å². The summed E-state index contributed by atoms with van der Waals surface area (Å²) in [6.45, 7) is 8.25. The maximum atomic E-state index is 11.7. The minimum Gasteiger partial charge on any atom is -0.469 e. The van der Waals surface area contributed by atoms with Crippen molar-refractivity contribution < 1.29 is 19.4 Å². The number of fused-ring (bicyclic) bond motifs is 5. The minimum atomic E-state index is -0.0555.